The number of aromatic amines is 1. The number of nitrogens with zero attached hydrogens (tertiary/aromatic N) is 3. The number of carbonyl (C=O) groups is 2. The highest BCUT2D eigenvalue weighted by Crippen LogP contribution is 2.29. The number of aryl methyl sites for hydroxylation is 1. The smallest absolute Gasteiger partial charge is 0.271 e. The summed E-state index contributed by atoms with van der Waals surface area (Å²) >= 11 is 7.58. The Bertz CT molecular complexity index is 1390. The molecule has 11 nitrogen and oxygen atoms in total. The van der Waals surface area contributed by atoms with Gasteiger partial charge in [-0.15, -0.1) is 0 Å². The first-order valence-corrected chi connectivity index (χ1v) is 13.1. The van der Waals surface area contributed by atoms with Crippen molar-refractivity contribution in [3.05, 3.63) is 68.1 Å². The summed E-state index contributed by atoms with van der Waals surface area (Å²) < 4.78 is 8.04. The average Bonchev–Trinajstić information content (AvgIpc) is 3.24. The van der Waals surface area contributed by atoms with Crippen molar-refractivity contribution >= 4 is 57.2 Å². The van der Waals surface area contributed by atoms with E-state index in [2.05, 4.69) is 29.9 Å². The Labute approximate surface area is 228 Å². The molecular weight excluding hydrogens is 530 g/mol. The molecule has 5 N–H and O–H groups in total. The first kappa shape index (κ1) is 27.5. The molecule has 3 heterocycles. The van der Waals surface area contributed by atoms with Crippen LogP contribution in [0.2, 0.25) is 5.02 Å². The van der Waals surface area contributed by atoms with Gasteiger partial charge in [-0.25, -0.2) is 4.98 Å². The number of morpholine rings is 1. The van der Waals surface area contributed by atoms with E-state index in [9.17, 15) is 14.4 Å². The van der Waals surface area contributed by atoms with Crippen LogP contribution in [-0.2, 0) is 4.74 Å². The Balaban J connectivity index is 1.47. The number of benzene rings is 1. The van der Waals surface area contributed by atoms with E-state index in [0.717, 1.165) is 31.2 Å². The molecule has 3 aromatic rings. The maximum absolute atomic E-state index is 12.9. The zero-order chi connectivity index (χ0) is 27.2. The van der Waals surface area contributed by atoms with Gasteiger partial charge in [0.2, 0.25) is 0 Å². The molecule has 0 spiro atoms. The second-order valence-electron chi connectivity index (χ2n) is 8.68. The van der Waals surface area contributed by atoms with Crippen LogP contribution in [0.5, 0.6) is 0 Å². The Morgan fingerprint density at radius 1 is 1.26 bits per heavy atom. The number of amides is 1. The van der Waals surface area contributed by atoms with Crippen molar-refractivity contribution in [3.8, 4) is 0 Å². The largest absolute Gasteiger partial charge is 0.383 e. The molecule has 0 bridgehead atoms. The van der Waals surface area contributed by atoms with E-state index < -0.39 is 5.91 Å². The molecule has 1 aliphatic heterocycles. The number of hydrogen-bond acceptors (Lipinski definition) is 9. The summed E-state index contributed by atoms with van der Waals surface area (Å²) in [6, 6.07) is 6.47. The molecule has 0 radical (unpaired) electrons. The van der Waals surface area contributed by atoms with Crippen LogP contribution in [-0.4, -0.2) is 71.2 Å². The van der Waals surface area contributed by atoms with Gasteiger partial charge in [0, 0.05) is 37.1 Å². The lowest BCUT2D eigenvalue weighted by Crippen LogP contribution is -2.38. The Hall–Kier alpha value is -3.58. The van der Waals surface area contributed by atoms with E-state index in [4.69, 9.17) is 22.1 Å². The number of nitrogens with two attached hydrogens (primary N) is 1. The van der Waals surface area contributed by atoms with Gasteiger partial charge in [0.15, 0.2) is 5.78 Å². The number of pyridine rings is 1. The molecule has 1 fully saturated rings. The summed E-state index contributed by atoms with van der Waals surface area (Å²) in [6.45, 7) is 7.47. The van der Waals surface area contributed by atoms with Crippen LogP contribution in [0.4, 0.5) is 16.5 Å². The molecule has 0 atom stereocenters. The van der Waals surface area contributed by atoms with Crippen LogP contribution in [0, 0.1) is 6.92 Å². The van der Waals surface area contributed by atoms with Crippen molar-refractivity contribution in [2.75, 3.05) is 50.0 Å². The van der Waals surface area contributed by atoms with Gasteiger partial charge in [0.1, 0.15) is 22.2 Å². The topological polar surface area (TPSA) is 155 Å². The fourth-order valence-electron chi connectivity index (χ4n) is 3.93. The normalized spacial score (nSPS) is 14.3. The number of amidine groups is 1. The lowest BCUT2D eigenvalue weighted by molar-refractivity contribution is 0.0394. The quantitative estimate of drug-likeness (QED) is 0.178. The third-order valence-electron chi connectivity index (χ3n) is 5.94. The van der Waals surface area contributed by atoms with Crippen molar-refractivity contribution in [2.24, 2.45) is 10.7 Å². The van der Waals surface area contributed by atoms with Gasteiger partial charge in [-0.3, -0.25) is 28.6 Å². The number of ketones is 1. The number of nitrogens with one attached hydrogen (secondary N) is 3. The highest BCUT2D eigenvalue weighted by atomic mass is 35.5. The SMILES string of the molecule is CC(=O)c1ccc(NC(=O)c2c(C)cc(Nc3s[nH]c(=O)c3C(N)=NCCN3CCOCC3)cc2Cl)nc1. The van der Waals surface area contributed by atoms with Crippen LogP contribution in [0.15, 0.2) is 40.2 Å². The molecule has 2 aromatic heterocycles. The van der Waals surface area contributed by atoms with Crippen LogP contribution < -0.4 is 21.9 Å². The monoisotopic (exact) mass is 557 g/mol. The minimum absolute atomic E-state index is 0.117. The number of carbonyl (C=O) groups excluding carboxylic acids is 2. The number of ether oxygens (including phenoxy) is 1. The molecule has 0 unspecified atom stereocenters. The van der Waals surface area contributed by atoms with Crippen LogP contribution in [0.25, 0.3) is 0 Å². The van der Waals surface area contributed by atoms with E-state index in [0.29, 0.717) is 47.4 Å². The number of hydrogen-bond donors (Lipinski definition) is 4. The van der Waals surface area contributed by atoms with Crippen molar-refractivity contribution in [1.29, 1.82) is 0 Å². The van der Waals surface area contributed by atoms with Crippen LogP contribution in [0.3, 0.4) is 0 Å². The van der Waals surface area contributed by atoms with Crippen LogP contribution in [0.1, 0.15) is 38.8 Å². The summed E-state index contributed by atoms with van der Waals surface area (Å²) in [5.74, 6) is -0.118. The fourth-order valence-corrected chi connectivity index (χ4v) is 5.05. The van der Waals surface area contributed by atoms with Gasteiger partial charge in [0.25, 0.3) is 11.5 Å². The molecule has 38 heavy (non-hydrogen) atoms. The zero-order valence-corrected chi connectivity index (χ0v) is 22.5. The average molecular weight is 558 g/mol. The number of aromatic nitrogens is 2. The summed E-state index contributed by atoms with van der Waals surface area (Å²) in [7, 11) is 0. The van der Waals surface area contributed by atoms with Crippen molar-refractivity contribution in [3.63, 3.8) is 0 Å². The van der Waals surface area contributed by atoms with Gasteiger partial charge < -0.3 is 21.1 Å². The van der Waals surface area contributed by atoms with Gasteiger partial charge in [0.05, 0.1) is 30.3 Å². The summed E-state index contributed by atoms with van der Waals surface area (Å²) in [5.41, 5.74) is 8.01. The Morgan fingerprint density at radius 3 is 2.68 bits per heavy atom. The predicted octanol–water partition coefficient (Wildman–Crippen LogP) is 3.03. The molecule has 4 rings (SSSR count). The van der Waals surface area contributed by atoms with Crippen LogP contribution >= 0.6 is 23.1 Å². The van der Waals surface area contributed by atoms with E-state index in [1.54, 1.807) is 31.2 Å². The lowest BCUT2D eigenvalue weighted by atomic mass is 10.1. The van der Waals surface area contributed by atoms with Crippen molar-refractivity contribution < 1.29 is 14.3 Å². The molecule has 1 aliphatic rings. The van der Waals surface area contributed by atoms with Gasteiger partial charge in [-0.2, -0.15) is 0 Å². The van der Waals surface area contributed by atoms with E-state index >= 15 is 0 Å². The van der Waals surface area contributed by atoms with Crippen molar-refractivity contribution in [2.45, 2.75) is 13.8 Å². The summed E-state index contributed by atoms with van der Waals surface area (Å²) in [5, 5.41) is 6.56. The zero-order valence-electron chi connectivity index (χ0n) is 21.0. The third kappa shape index (κ3) is 6.64. The van der Waals surface area contributed by atoms with E-state index in [-0.39, 0.29) is 33.3 Å². The molecule has 0 saturated carbocycles. The molecule has 1 aromatic carbocycles. The van der Waals surface area contributed by atoms with Crippen molar-refractivity contribution in [1.82, 2.24) is 14.3 Å². The number of rotatable bonds is 9. The summed E-state index contributed by atoms with van der Waals surface area (Å²) in [4.78, 5) is 47.5. The van der Waals surface area contributed by atoms with Gasteiger partial charge in [-0.05, 0) is 55.2 Å². The predicted molar refractivity (Wildman–Crippen MR) is 149 cm³/mol. The first-order valence-electron chi connectivity index (χ1n) is 11.9. The highest BCUT2D eigenvalue weighted by Gasteiger charge is 2.19. The number of aliphatic imine (C=N–C) groups is 1. The standard InChI is InChI=1S/C25H28ClN7O4S/c1-14-11-17(12-18(26)20(14)23(35)31-19-4-3-16(13-29-19)15(2)34)30-25-21(24(36)32-38-25)22(27)28-5-6-33-7-9-37-10-8-33/h3-4,11-13,30H,5-10H2,1-2H3,(H2,27,28)(H,32,36)(H,29,31,35). The van der Waals surface area contributed by atoms with E-state index in [1.165, 1.54) is 13.1 Å². The Morgan fingerprint density at radius 2 is 2.03 bits per heavy atom. The molecule has 13 heteroatoms. The molecule has 0 aliphatic carbocycles. The van der Waals surface area contributed by atoms with Gasteiger partial charge in [-0.1, -0.05) is 11.6 Å². The second-order valence-corrected chi connectivity index (χ2v) is 9.90. The highest BCUT2D eigenvalue weighted by molar-refractivity contribution is 7.10. The number of H-pyrrole nitrogens is 1. The minimum atomic E-state index is -0.439. The lowest BCUT2D eigenvalue weighted by Gasteiger charge is -2.25. The fraction of sp³-hybridized carbons (Fsp3) is 0.320. The van der Waals surface area contributed by atoms with Gasteiger partial charge >= 0.3 is 0 Å². The Kier molecular flexibility index (Phi) is 8.89. The minimum Gasteiger partial charge on any atom is -0.383 e. The first-order chi connectivity index (χ1) is 18.2. The molecule has 200 valence electrons. The summed E-state index contributed by atoms with van der Waals surface area (Å²) in [6.07, 6.45) is 1.40. The van der Waals surface area contributed by atoms with E-state index in [1.807, 2.05) is 0 Å². The number of halogens is 1. The maximum Gasteiger partial charge on any atom is 0.271 e. The second kappa shape index (κ2) is 12.3. The number of Topliss-reactive ketones (excluding diaryl/α,β-unsaturated/α-hetero) is 1. The molecule has 1 saturated heterocycles. The molecule has 1 amide bonds. The third-order valence-corrected chi connectivity index (χ3v) is 7.04. The molecular formula is C25H28ClN7O4S. The number of anilines is 3. The maximum atomic E-state index is 12.9.